The maximum absolute atomic E-state index is 9.52. The van der Waals surface area contributed by atoms with Crippen LogP contribution in [0.15, 0.2) is 0 Å². The summed E-state index contributed by atoms with van der Waals surface area (Å²) in [7, 11) is 2.14. The van der Waals surface area contributed by atoms with Gasteiger partial charge in [0.1, 0.15) is 0 Å². The second-order valence-electron chi connectivity index (χ2n) is 5.83. The highest BCUT2D eigenvalue weighted by Crippen LogP contribution is 2.17. The van der Waals surface area contributed by atoms with Crippen LogP contribution in [0.5, 0.6) is 0 Å². The third kappa shape index (κ3) is 5.28. The van der Waals surface area contributed by atoms with Crippen molar-refractivity contribution in [1.29, 1.82) is 0 Å². The molecule has 2 N–H and O–H groups in total. The summed E-state index contributed by atoms with van der Waals surface area (Å²) in [6.07, 6.45) is 0.955. The molecule has 0 aliphatic rings. The van der Waals surface area contributed by atoms with Crippen molar-refractivity contribution in [2.45, 2.75) is 71.6 Å². The zero-order chi connectivity index (χ0) is 12.9. The Labute approximate surface area is 101 Å². The summed E-state index contributed by atoms with van der Waals surface area (Å²) in [5.41, 5.74) is -0.184. The Kier molecular flexibility index (Phi) is 6.53. The Morgan fingerprint density at radius 2 is 1.69 bits per heavy atom. The van der Waals surface area contributed by atoms with Gasteiger partial charge >= 0.3 is 0 Å². The first-order valence-electron chi connectivity index (χ1n) is 6.32. The van der Waals surface area contributed by atoms with Crippen LogP contribution >= 0.6 is 0 Å². The largest absolute Gasteiger partial charge is 0.394 e. The Hall–Kier alpha value is -0.120. The molecule has 3 heteroatoms. The number of rotatable bonds is 7. The predicted molar refractivity (Wildman–Crippen MR) is 70.7 cm³/mol. The first-order valence-corrected chi connectivity index (χ1v) is 6.32. The molecule has 0 bridgehead atoms. The van der Waals surface area contributed by atoms with Gasteiger partial charge in [-0.1, -0.05) is 13.8 Å². The Balaban J connectivity index is 4.41. The molecule has 3 nitrogen and oxygen atoms in total. The highest BCUT2D eigenvalue weighted by molar-refractivity contribution is 4.88. The summed E-state index contributed by atoms with van der Waals surface area (Å²) >= 11 is 0. The van der Waals surface area contributed by atoms with Gasteiger partial charge in [0, 0.05) is 23.7 Å². The molecule has 0 fully saturated rings. The number of hydrogen-bond donors (Lipinski definition) is 2. The van der Waals surface area contributed by atoms with Gasteiger partial charge in [0.25, 0.3) is 0 Å². The molecular weight excluding hydrogens is 200 g/mol. The van der Waals surface area contributed by atoms with Crippen molar-refractivity contribution >= 4 is 0 Å². The Morgan fingerprint density at radius 1 is 1.19 bits per heavy atom. The van der Waals surface area contributed by atoms with Gasteiger partial charge in [0.05, 0.1) is 6.61 Å². The first kappa shape index (κ1) is 15.9. The zero-order valence-electron chi connectivity index (χ0n) is 12.0. The van der Waals surface area contributed by atoms with Gasteiger partial charge in [-0.3, -0.25) is 0 Å². The third-order valence-electron chi connectivity index (χ3n) is 3.24. The number of aliphatic hydroxyl groups excluding tert-OH is 1. The molecule has 98 valence electrons. The highest BCUT2D eigenvalue weighted by atomic mass is 16.3. The summed E-state index contributed by atoms with van der Waals surface area (Å²) in [5, 5.41) is 13.0. The molecule has 0 aliphatic heterocycles. The van der Waals surface area contributed by atoms with E-state index in [1.165, 1.54) is 0 Å². The number of hydrogen-bond acceptors (Lipinski definition) is 3. The quantitative estimate of drug-likeness (QED) is 0.701. The average molecular weight is 230 g/mol. The van der Waals surface area contributed by atoms with Gasteiger partial charge in [-0.2, -0.15) is 0 Å². The van der Waals surface area contributed by atoms with E-state index in [1.54, 1.807) is 0 Å². The van der Waals surface area contributed by atoms with Crippen molar-refractivity contribution in [3.63, 3.8) is 0 Å². The first-order chi connectivity index (χ1) is 7.22. The van der Waals surface area contributed by atoms with E-state index in [1.807, 2.05) is 0 Å². The van der Waals surface area contributed by atoms with Gasteiger partial charge in [0.2, 0.25) is 0 Å². The molecule has 0 saturated carbocycles. The van der Waals surface area contributed by atoms with Crippen LogP contribution in [0.1, 0.15) is 48.0 Å². The summed E-state index contributed by atoms with van der Waals surface area (Å²) in [6.45, 7) is 13.1. The van der Waals surface area contributed by atoms with E-state index in [2.05, 4.69) is 58.8 Å². The minimum absolute atomic E-state index is 0.182. The van der Waals surface area contributed by atoms with Crippen molar-refractivity contribution in [2.24, 2.45) is 0 Å². The molecule has 2 atom stereocenters. The van der Waals surface area contributed by atoms with Crippen LogP contribution in [-0.2, 0) is 0 Å². The van der Waals surface area contributed by atoms with Crippen LogP contribution in [0.3, 0.4) is 0 Å². The normalized spacial score (nSPS) is 18.2. The molecule has 0 aromatic carbocycles. The SMILES string of the molecule is CC(C)NC(C)(CO)CC(C)N(C)C(C)C. The molecule has 16 heavy (non-hydrogen) atoms. The molecule has 0 heterocycles. The van der Waals surface area contributed by atoms with Gasteiger partial charge in [-0.05, 0) is 41.2 Å². The number of aliphatic hydroxyl groups is 1. The van der Waals surface area contributed by atoms with Crippen molar-refractivity contribution < 1.29 is 5.11 Å². The van der Waals surface area contributed by atoms with E-state index in [9.17, 15) is 5.11 Å². The van der Waals surface area contributed by atoms with E-state index in [-0.39, 0.29) is 12.1 Å². The Morgan fingerprint density at radius 3 is 2.00 bits per heavy atom. The van der Waals surface area contributed by atoms with Crippen molar-refractivity contribution in [3.05, 3.63) is 0 Å². The molecule has 0 rings (SSSR count). The summed E-state index contributed by atoms with van der Waals surface area (Å²) < 4.78 is 0. The van der Waals surface area contributed by atoms with Crippen molar-refractivity contribution in [3.8, 4) is 0 Å². The molecule has 2 unspecified atom stereocenters. The van der Waals surface area contributed by atoms with Crippen LogP contribution < -0.4 is 5.32 Å². The molecule has 0 spiro atoms. The molecular formula is C13H30N2O. The van der Waals surface area contributed by atoms with Crippen molar-refractivity contribution in [2.75, 3.05) is 13.7 Å². The lowest BCUT2D eigenvalue weighted by molar-refractivity contribution is 0.108. The fourth-order valence-electron chi connectivity index (χ4n) is 2.17. The minimum Gasteiger partial charge on any atom is -0.394 e. The van der Waals surface area contributed by atoms with E-state index < -0.39 is 0 Å². The molecule has 0 amide bonds. The summed E-state index contributed by atoms with van der Waals surface area (Å²) in [6, 6.07) is 1.40. The van der Waals surface area contributed by atoms with Gasteiger partial charge in [-0.25, -0.2) is 0 Å². The van der Waals surface area contributed by atoms with Crippen LogP contribution in [0, 0.1) is 0 Å². The Bertz CT molecular complexity index is 194. The lowest BCUT2D eigenvalue weighted by Crippen LogP contribution is -2.53. The third-order valence-corrected chi connectivity index (χ3v) is 3.24. The second-order valence-corrected chi connectivity index (χ2v) is 5.83. The maximum atomic E-state index is 9.52. The van der Waals surface area contributed by atoms with Crippen molar-refractivity contribution in [1.82, 2.24) is 10.2 Å². The fraction of sp³-hybridized carbons (Fsp3) is 1.00. The zero-order valence-corrected chi connectivity index (χ0v) is 12.0. The number of nitrogens with one attached hydrogen (secondary N) is 1. The lowest BCUT2D eigenvalue weighted by atomic mass is 9.92. The highest BCUT2D eigenvalue weighted by Gasteiger charge is 2.28. The van der Waals surface area contributed by atoms with Crippen LogP contribution in [-0.4, -0.2) is 47.3 Å². The maximum Gasteiger partial charge on any atom is 0.0611 e. The molecule has 0 aromatic heterocycles. The van der Waals surface area contributed by atoms with Crippen LogP contribution in [0.2, 0.25) is 0 Å². The smallest absolute Gasteiger partial charge is 0.0611 e. The van der Waals surface area contributed by atoms with E-state index in [0.717, 1.165) is 6.42 Å². The average Bonchev–Trinajstić information content (AvgIpc) is 2.14. The summed E-state index contributed by atoms with van der Waals surface area (Å²) in [4.78, 5) is 2.34. The lowest BCUT2D eigenvalue weighted by Gasteiger charge is -2.38. The van der Waals surface area contributed by atoms with Gasteiger partial charge in [-0.15, -0.1) is 0 Å². The van der Waals surface area contributed by atoms with Gasteiger partial charge < -0.3 is 15.3 Å². The molecule has 0 radical (unpaired) electrons. The van der Waals surface area contributed by atoms with E-state index in [0.29, 0.717) is 18.1 Å². The molecule has 0 saturated heterocycles. The van der Waals surface area contributed by atoms with E-state index >= 15 is 0 Å². The summed E-state index contributed by atoms with van der Waals surface area (Å²) in [5.74, 6) is 0. The van der Waals surface area contributed by atoms with Crippen LogP contribution in [0.25, 0.3) is 0 Å². The fourth-order valence-corrected chi connectivity index (χ4v) is 2.17. The van der Waals surface area contributed by atoms with E-state index in [4.69, 9.17) is 0 Å². The minimum atomic E-state index is -0.184. The number of nitrogens with zero attached hydrogens (tertiary/aromatic N) is 1. The molecule has 0 aromatic rings. The van der Waals surface area contributed by atoms with Gasteiger partial charge in [0.15, 0.2) is 0 Å². The predicted octanol–water partition coefficient (Wildman–Crippen LogP) is 1.85. The molecule has 0 aliphatic carbocycles. The van der Waals surface area contributed by atoms with Crippen LogP contribution in [0.4, 0.5) is 0 Å². The second kappa shape index (κ2) is 6.58. The monoisotopic (exact) mass is 230 g/mol. The topological polar surface area (TPSA) is 35.5 Å². The standard InChI is InChI=1S/C13H30N2O/c1-10(2)14-13(6,9-16)8-12(5)15(7)11(3)4/h10-12,14,16H,8-9H2,1-7H3.